The summed E-state index contributed by atoms with van der Waals surface area (Å²) in [4.78, 5) is 13.2. The van der Waals surface area contributed by atoms with Crippen LogP contribution in [0.1, 0.15) is 29.5 Å². The van der Waals surface area contributed by atoms with Gasteiger partial charge >= 0.3 is 6.18 Å². The van der Waals surface area contributed by atoms with Gasteiger partial charge in [-0.05, 0) is 71.5 Å². The van der Waals surface area contributed by atoms with Crippen LogP contribution in [-0.2, 0) is 23.0 Å². The number of alkyl halides is 3. The second kappa shape index (κ2) is 7.81. The number of carbonyl (C=O) groups is 1. The Hall–Kier alpha value is -3.52. The second-order valence-corrected chi connectivity index (χ2v) is 8.22. The molecule has 0 aromatic heterocycles. The van der Waals surface area contributed by atoms with Crippen molar-refractivity contribution in [3.63, 3.8) is 0 Å². The summed E-state index contributed by atoms with van der Waals surface area (Å²) in [5.41, 5.74) is 0.227. The Balaban J connectivity index is 1.47. The Morgan fingerprint density at radius 2 is 1.79 bits per heavy atom. The SMILES string of the molecule is O=C(Nc1ccc(C(F)(F)F)c(-c2cccc(CO)c2)c1)C1(c2ccc3c(c2)OCO3)CC1. The Morgan fingerprint density at radius 3 is 2.52 bits per heavy atom. The van der Waals surface area contributed by atoms with E-state index in [4.69, 9.17) is 9.47 Å². The molecule has 3 aromatic carbocycles. The molecule has 1 amide bonds. The van der Waals surface area contributed by atoms with E-state index < -0.39 is 17.2 Å². The first-order chi connectivity index (χ1) is 15.8. The van der Waals surface area contributed by atoms with Gasteiger partial charge in [-0.15, -0.1) is 0 Å². The largest absolute Gasteiger partial charge is 0.454 e. The molecule has 0 spiro atoms. The number of hydrogen-bond acceptors (Lipinski definition) is 4. The third-order valence-electron chi connectivity index (χ3n) is 6.11. The number of anilines is 1. The molecule has 170 valence electrons. The standard InChI is InChI=1S/C25H20F3NO4/c26-25(27,28)20-6-5-18(12-19(20)16-3-1-2-15(10-16)13-30)29-23(31)24(8-9-24)17-4-7-21-22(11-17)33-14-32-21/h1-7,10-12,30H,8-9,13-14H2,(H,29,31). The van der Waals surface area contributed by atoms with E-state index >= 15 is 0 Å². The van der Waals surface area contributed by atoms with Crippen LogP contribution in [0.15, 0.2) is 60.7 Å². The average Bonchev–Trinajstić information content (AvgIpc) is 3.49. The quantitative estimate of drug-likeness (QED) is 0.551. The van der Waals surface area contributed by atoms with E-state index in [2.05, 4.69) is 5.32 Å². The maximum absolute atomic E-state index is 13.7. The molecule has 0 atom stereocenters. The topological polar surface area (TPSA) is 67.8 Å². The highest BCUT2D eigenvalue weighted by atomic mass is 19.4. The molecule has 5 rings (SSSR count). The summed E-state index contributed by atoms with van der Waals surface area (Å²) in [6, 6.07) is 15.2. The summed E-state index contributed by atoms with van der Waals surface area (Å²) < 4.78 is 51.8. The zero-order valence-corrected chi connectivity index (χ0v) is 17.4. The molecule has 3 aromatic rings. The number of aliphatic hydroxyl groups excluding tert-OH is 1. The number of aliphatic hydroxyl groups is 1. The molecular formula is C25H20F3NO4. The Bertz CT molecular complexity index is 1230. The van der Waals surface area contributed by atoms with Crippen molar-refractivity contribution in [2.45, 2.75) is 31.0 Å². The van der Waals surface area contributed by atoms with E-state index in [1.54, 1.807) is 30.3 Å². The van der Waals surface area contributed by atoms with Crippen molar-refractivity contribution < 1.29 is 32.5 Å². The number of benzene rings is 3. The first-order valence-electron chi connectivity index (χ1n) is 10.4. The molecular weight excluding hydrogens is 435 g/mol. The minimum Gasteiger partial charge on any atom is -0.454 e. The van der Waals surface area contributed by atoms with Crippen LogP contribution >= 0.6 is 0 Å². The van der Waals surface area contributed by atoms with Crippen molar-refractivity contribution in [3.05, 3.63) is 77.4 Å². The van der Waals surface area contributed by atoms with E-state index in [9.17, 15) is 23.1 Å². The van der Waals surface area contributed by atoms with E-state index in [0.29, 0.717) is 35.5 Å². The molecule has 0 radical (unpaired) electrons. The smallest absolute Gasteiger partial charge is 0.417 e. The van der Waals surface area contributed by atoms with E-state index in [1.807, 2.05) is 6.07 Å². The minimum absolute atomic E-state index is 0.0662. The Morgan fingerprint density at radius 1 is 1.00 bits per heavy atom. The number of carbonyl (C=O) groups excluding carboxylic acids is 1. The van der Waals surface area contributed by atoms with Gasteiger partial charge < -0.3 is 19.9 Å². The third-order valence-corrected chi connectivity index (χ3v) is 6.11. The Kier molecular flexibility index (Phi) is 5.05. The minimum atomic E-state index is -4.57. The highest BCUT2D eigenvalue weighted by Gasteiger charge is 2.51. The molecule has 1 heterocycles. The highest BCUT2D eigenvalue weighted by Crippen LogP contribution is 2.51. The summed E-state index contributed by atoms with van der Waals surface area (Å²) in [5.74, 6) is 0.913. The monoisotopic (exact) mass is 455 g/mol. The fraction of sp³-hybridized carbons (Fsp3) is 0.240. The number of ether oxygens (including phenoxy) is 2. The zero-order chi connectivity index (χ0) is 23.2. The first kappa shape index (κ1) is 21.3. The van der Waals surface area contributed by atoms with Crippen molar-refractivity contribution in [3.8, 4) is 22.6 Å². The van der Waals surface area contributed by atoms with E-state index in [0.717, 1.165) is 11.6 Å². The molecule has 5 nitrogen and oxygen atoms in total. The summed E-state index contributed by atoms with van der Waals surface area (Å²) in [5, 5.41) is 12.2. The van der Waals surface area contributed by atoms with Gasteiger partial charge in [-0.2, -0.15) is 13.2 Å². The molecule has 2 aliphatic rings. The lowest BCUT2D eigenvalue weighted by Crippen LogP contribution is -2.27. The number of fused-ring (bicyclic) bond motifs is 1. The van der Waals surface area contributed by atoms with Crippen LogP contribution in [0.3, 0.4) is 0 Å². The fourth-order valence-corrected chi connectivity index (χ4v) is 4.16. The van der Waals surface area contributed by atoms with Gasteiger partial charge in [0.1, 0.15) is 0 Å². The maximum Gasteiger partial charge on any atom is 0.417 e. The predicted molar refractivity (Wildman–Crippen MR) is 115 cm³/mol. The summed E-state index contributed by atoms with van der Waals surface area (Å²) in [7, 11) is 0. The summed E-state index contributed by atoms with van der Waals surface area (Å²) in [6.45, 7) is -0.159. The van der Waals surface area contributed by atoms with Gasteiger partial charge in [-0.1, -0.05) is 24.3 Å². The van der Waals surface area contributed by atoms with E-state index in [1.165, 1.54) is 18.2 Å². The van der Waals surface area contributed by atoms with Crippen LogP contribution in [0.5, 0.6) is 11.5 Å². The number of rotatable bonds is 5. The van der Waals surface area contributed by atoms with Gasteiger partial charge in [0.05, 0.1) is 17.6 Å². The molecule has 1 fully saturated rings. The number of amides is 1. The molecule has 8 heteroatoms. The lowest BCUT2D eigenvalue weighted by Gasteiger charge is -2.19. The molecule has 2 N–H and O–H groups in total. The molecule has 1 saturated carbocycles. The summed E-state index contributed by atoms with van der Waals surface area (Å²) in [6.07, 6.45) is -3.31. The molecule has 0 saturated heterocycles. The zero-order valence-electron chi connectivity index (χ0n) is 17.4. The van der Waals surface area contributed by atoms with Crippen molar-refractivity contribution in [2.24, 2.45) is 0 Å². The second-order valence-electron chi connectivity index (χ2n) is 8.22. The Labute approximate surface area is 187 Å². The average molecular weight is 455 g/mol. The van der Waals surface area contributed by atoms with Crippen molar-refractivity contribution in [2.75, 3.05) is 12.1 Å². The van der Waals surface area contributed by atoms with Crippen LogP contribution in [0.2, 0.25) is 0 Å². The number of nitrogens with one attached hydrogen (secondary N) is 1. The normalized spacial score (nSPS) is 15.9. The number of hydrogen-bond donors (Lipinski definition) is 2. The van der Waals surface area contributed by atoms with Gasteiger partial charge in [0, 0.05) is 5.69 Å². The van der Waals surface area contributed by atoms with Crippen molar-refractivity contribution in [1.82, 2.24) is 0 Å². The molecule has 1 aliphatic carbocycles. The van der Waals surface area contributed by atoms with Gasteiger partial charge in [-0.3, -0.25) is 4.79 Å². The van der Waals surface area contributed by atoms with Gasteiger partial charge in [0.15, 0.2) is 11.5 Å². The van der Waals surface area contributed by atoms with Gasteiger partial charge in [0.25, 0.3) is 0 Å². The first-order valence-corrected chi connectivity index (χ1v) is 10.4. The fourth-order valence-electron chi connectivity index (χ4n) is 4.16. The molecule has 1 aliphatic heterocycles. The van der Waals surface area contributed by atoms with Crippen LogP contribution in [0, 0.1) is 0 Å². The summed E-state index contributed by atoms with van der Waals surface area (Å²) >= 11 is 0. The van der Waals surface area contributed by atoms with Gasteiger partial charge in [0.2, 0.25) is 12.7 Å². The van der Waals surface area contributed by atoms with Gasteiger partial charge in [-0.25, -0.2) is 0 Å². The molecule has 33 heavy (non-hydrogen) atoms. The van der Waals surface area contributed by atoms with Crippen LogP contribution in [0.25, 0.3) is 11.1 Å². The number of halogens is 3. The van der Waals surface area contributed by atoms with Crippen LogP contribution < -0.4 is 14.8 Å². The molecule has 0 bridgehead atoms. The van der Waals surface area contributed by atoms with Crippen LogP contribution in [-0.4, -0.2) is 17.8 Å². The van der Waals surface area contributed by atoms with E-state index in [-0.39, 0.29) is 30.6 Å². The predicted octanol–water partition coefficient (Wildman–Crippen LogP) is 5.26. The maximum atomic E-state index is 13.7. The lowest BCUT2D eigenvalue weighted by molar-refractivity contribution is -0.137. The highest BCUT2D eigenvalue weighted by molar-refractivity contribution is 6.02. The third kappa shape index (κ3) is 3.91. The molecule has 0 unspecified atom stereocenters. The van der Waals surface area contributed by atoms with Crippen molar-refractivity contribution in [1.29, 1.82) is 0 Å². The van der Waals surface area contributed by atoms with Crippen molar-refractivity contribution >= 4 is 11.6 Å². The lowest BCUT2D eigenvalue weighted by atomic mass is 9.93. The van der Waals surface area contributed by atoms with Crippen LogP contribution in [0.4, 0.5) is 18.9 Å².